The lowest BCUT2D eigenvalue weighted by molar-refractivity contribution is -0.141. The predicted octanol–water partition coefficient (Wildman–Crippen LogP) is 2.39. The predicted molar refractivity (Wildman–Crippen MR) is 80.1 cm³/mol. The van der Waals surface area contributed by atoms with Crippen molar-refractivity contribution in [3.05, 3.63) is 47.8 Å². The highest BCUT2D eigenvalue weighted by Gasteiger charge is 2.33. The largest absolute Gasteiger partial charge is 0.433 e. The molecule has 0 saturated carbocycles. The molecule has 0 radical (unpaired) electrons. The number of nitrogens with zero attached hydrogens (tertiary/aromatic N) is 4. The van der Waals surface area contributed by atoms with E-state index in [2.05, 4.69) is 9.97 Å². The highest BCUT2D eigenvalue weighted by atomic mass is 19.4. The number of pyridine rings is 1. The van der Waals surface area contributed by atoms with Gasteiger partial charge in [0.15, 0.2) is 0 Å². The fraction of sp³-hybridized carbons (Fsp3) is 0.438. The topological polar surface area (TPSA) is 51.0 Å². The van der Waals surface area contributed by atoms with Gasteiger partial charge in [-0.1, -0.05) is 6.07 Å². The van der Waals surface area contributed by atoms with Crippen LogP contribution < -0.4 is 0 Å². The molecule has 128 valence electrons. The van der Waals surface area contributed by atoms with Crippen LogP contribution in [-0.4, -0.2) is 38.4 Å². The van der Waals surface area contributed by atoms with Crippen molar-refractivity contribution in [2.75, 3.05) is 13.1 Å². The van der Waals surface area contributed by atoms with E-state index in [9.17, 15) is 18.0 Å². The number of halogens is 3. The fourth-order valence-corrected chi connectivity index (χ4v) is 2.97. The number of imidazole rings is 1. The van der Waals surface area contributed by atoms with E-state index >= 15 is 0 Å². The molecule has 8 heteroatoms. The van der Waals surface area contributed by atoms with Gasteiger partial charge >= 0.3 is 6.18 Å². The van der Waals surface area contributed by atoms with E-state index in [-0.39, 0.29) is 23.9 Å². The summed E-state index contributed by atoms with van der Waals surface area (Å²) in [5, 5.41) is 0. The second-order valence-electron chi connectivity index (χ2n) is 5.91. The Morgan fingerprint density at radius 1 is 1.38 bits per heavy atom. The van der Waals surface area contributed by atoms with Gasteiger partial charge in [-0.2, -0.15) is 13.2 Å². The number of rotatable bonds is 3. The zero-order valence-corrected chi connectivity index (χ0v) is 13.1. The monoisotopic (exact) mass is 338 g/mol. The van der Waals surface area contributed by atoms with Crippen LogP contribution in [0.1, 0.15) is 29.6 Å². The average Bonchev–Trinajstić information content (AvgIpc) is 3.15. The molecule has 1 amide bonds. The minimum atomic E-state index is -4.50. The van der Waals surface area contributed by atoms with Crippen LogP contribution in [0.5, 0.6) is 0 Å². The maximum absolute atomic E-state index is 12.7. The maximum Gasteiger partial charge on any atom is 0.433 e. The maximum atomic E-state index is 12.7. The third kappa shape index (κ3) is 3.42. The van der Waals surface area contributed by atoms with Crippen molar-refractivity contribution in [2.24, 2.45) is 7.05 Å². The van der Waals surface area contributed by atoms with Crippen LogP contribution in [0.2, 0.25) is 0 Å². The standard InChI is InChI=1S/C16H17F3N4O/c1-22-8-6-20-15(22)11-5-7-23(10-11)14(24)9-12-3-2-4-13(21-12)16(17,18)19/h2-4,6,8,11H,5,7,9-10H2,1H3. The van der Waals surface area contributed by atoms with Crippen LogP contribution in [0.4, 0.5) is 13.2 Å². The molecule has 1 fully saturated rings. The number of aromatic nitrogens is 3. The second-order valence-corrected chi connectivity index (χ2v) is 5.91. The molecular weight excluding hydrogens is 321 g/mol. The fourth-order valence-electron chi connectivity index (χ4n) is 2.97. The van der Waals surface area contributed by atoms with Crippen molar-refractivity contribution < 1.29 is 18.0 Å². The van der Waals surface area contributed by atoms with Crippen molar-refractivity contribution in [3.63, 3.8) is 0 Å². The van der Waals surface area contributed by atoms with Crippen LogP contribution in [0.15, 0.2) is 30.6 Å². The molecule has 3 rings (SSSR count). The Bertz CT molecular complexity index is 741. The summed E-state index contributed by atoms with van der Waals surface area (Å²) in [6, 6.07) is 3.62. The van der Waals surface area contributed by atoms with Gasteiger partial charge in [0.2, 0.25) is 5.91 Å². The van der Waals surface area contributed by atoms with Crippen molar-refractivity contribution >= 4 is 5.91 Å². The van der Waals surface area contributed by atoms with Gasteiger partial charge in [-0.3, -0.25) is 4.79 Å². The Balaban J connectivity index is 1.65. The molecule has 1 aliphatic rings. The molecule has 0 aromatic carbocycles. The van der Waals surface area contributed by atoms with Crippen LogP contribution in [0.3, 0.4) is 0 Å². The summed E-state index contributed by atoms with van der Waals surface area (Å²) in [5.74, 6) is 0.865. The Labute approximate surface area is 137 Å². The normalized spacial score (nSPS) is 18.2. The smallest absolute Gasteiger partial charge is 0.342 e. The van der Waals surface area contributed by atoms with Crippen LogP contribution in [-0.2, 0) is 24.4 Å². The quantitative estimate of drug-likeness (QED) is 0.863. The molecule has 1 saturated heterocycles. The minimum absolute atomic E-state index is 0.128. The van der Waals surface area contributed by atoms with Crippen LogP contribution in [0, 0.1) is 0 Å². The van der Waals surface area contributed by atoms with Crippen molar-refractivity contribution in [1.82, 2.24) is 19.4 Å². The summed E-state index contributed by atoms with van der Waals surface area (Å²) in [5.41, 5.74) is -0.838. The molecule has 24 heavy (non-hydrogen) atoms. The van der Waals surface area contributed by atoms with E-state index in [1.54, 1.807) is 11.1 Å². The lowest BCUT2D eigenvalue weighted by atomic mass is 10.1. The molecule has 2 aromatic rings. The number of hydrogen-bond donors (Lipinski definition) is 0. The number of amides is 1. The first-order valence-corrected chi connectivity index (χ1v) is 7.62. The Kier molecular flexibility index (Phi) is 4.29. The molecular formula is C16H17F3N4O. The summed E-state index contributed by atoms with van der Waals surface area (Å²) in [4.78, 5) is 21.9. The molecule has 1 atom stereocenters. The van der Waals surface area contributed by atoms with E-state index in [0.717, 1.165) is 18.3 Å². The van der Waals surface area contributed by atoms with Gasteiger partial charge < -0.3 is 9.47 Å². The second kappa shape index (κ2) is 6.26. The molecule has 1 unspecified atom stereocenters. The minimum Gasteiger partial charge on any atom is -0.342 e. The first-order valence-electron chi connectivity index (χ1n) is 7.62. The van der Waals surface area contributed by atoms with Crippen molar-refractivity contribution in [1.29, 1.82) is 0 Å². The number of hydrogen-bond acceptors (Lipinski definition) is 3. The number of carbonyl (C=O) groups excluding carboxylic acids is 1. The SMILES string of the molecule is Cn1ccnc1C1CCN(C(=O)Cc2cccc(C(F)(F)F)n2)C1. The van der Waals surface area contributed by atoms with E-state index in [0.29, 0.717) is 13.1 Å². The van der Waals surface area contributed by atoms with E-state index < -0.39 is 11.9 Å². The van der Waals surface area contributed by atoms with Gasteiger partial charge in [-0.05, 0) is 18.6 Å². The van der Waals surface area contributed by atoms with Gasteiger partial charge in [0.25, 0.3) is 0 Å². The summed E-state index contributed by atoms with van der Waals surface area (Å²) in [7, 11) is 1.90. The number of likely N-dealkylation sites (tertiary alicyclic amines) is 1. The molecule has 3 heterocycles. The molecule has 0 aliphatic carbocycles. The van der Waals surface area contributed by atoms with Crippen molar-refractivity contribution in [3.8, 4) is 0 Å². The first-order chi connectivity index (χ1) is 11.3. The Hall–Kier alpha value is -2.38. The Morgan fingerprint density at radius 3 is 2.83 bits per heavy atom. The lowest BCUT2D eigenvalue weighted by Gasteiger charge is -2.16. The first kappa shape index (κ1) is 16.5. The van der Waals surface area contributed by atoms with Gasteiger partial charge in [0.05, 0.1) is 12.1 Å². The zero-order chi connectivity index (χ0) is 17.3. The summed E-state index contributed by atoms with van der Waals surface area (Å²) < 4.78 is 40.0. The number of carbonyl (C=O) groups is 1. The Morgan fingerprint density at radius 2 is 2.17 bits per heavy atom. The summed E-state index contributed by atoms with van der Waals surface area (Å²) in [6.07, 6.45) is -0.265. The van der Waals surface area contributed by atoms with E-state index in [1.165, 1.54) is 12.1 Å². The average molecular weight is 338 g/mol. The lowest BCUT2D eigenvalue weighted by Crippen LogP contribution is -2.30. The molecule has 0 N–H and O–H groups in total. The van der Waals surface area contributed by atoms with Gasteiger partial charge in [0, 0.05) is 38.4 Å². The van der Waals surface area contributed by atoms with Crippen LogP contribution in [0.25, 0.3) is 0 Å². The van der Waals surface area contributed by atoms with Crippen LogP contribution >= 0.6 is 0 Å². The van der Waals surface area contributed by atoms with Crippen molar-refractivity contribution in [2.45, 2.75) is 24.9 Å². The highest BCUT2D eigenvalue weighted by Crippen LogP contribution is 2.28. The highest BCUT2D eigenvalue weighted by molar-refractivity contribution is 5.78. The molecule has 0 bridgehead atoms. The molecule has 2 aromatic heterocycles. The van der Waals surface area contributed by atoms with E-state index in [4.69, 9.17) is 0 Å². The molecule has 0 spiro atoms. The molecule has 1 aliphatic heterocycles. The van der Waals surface area contributed by atoms with Gasteiger partial charge in [-0.15, -0.1) is 0 Å². The van der Waals surface area contributed by atoms with E-state index in [1.807, 2.05) is 17.8 Å². The zero-order valence-electron chi connectivity index (χ0n) is 13.1. The number of alkyl halides is 3. The third-order valence-electron chi connectivity index (χ3n) is 4.19. The third-order valence-corrected chi connectivity index (χ3v) is 4.19. The van der Waals surface area contributed by atoms with Gasteiger partial charge in [0.1, 0.15) is 11.5 Å². The summed E-state index contributed by atoms with van der Waals surface area (Å²) in [6.45, 7) is 1.11. The number of aryl methyl sites for hydroxylation is 1. The summed E-state index contributed by atoms with van der Waals surface area (Å²) >= 11 is 0. The van der Waals surface area contributed by atoms with Gasteiger partial charge in [-0.25, -0.2) is 9.97 Å². The molecule has 5 nitrogen and oxygen atoms in total.